The number of hydrogen-bond donors (Lipinski definition) is 2. The lowest BCUT2D eigenvalue weighted by atomic mass is 10.4. The molecule has 0 heterocycles. The summed E-state index contributed by atoms with van der Waals surface area (Å²) in [5.41, 5.74) is 4.97. The molecule has 0 radical (unpaired) electrons. The molecule has 3 N–H and O–H groups in total. The minimum Gasteiger partial charge on any atom is -0.389 e. The molecule has 1 atom stereocenters. The minimum atomic E-state index is -2.48. The second kappa shape index (κ2) is 5.52. The zero-order chi connectivity index (χ0) is 7.98. The molecule has 0 aliphatic carbocycles. The van der Waals surface area contributed by atoms with E-state index < -0.39 is 19.1 Å². The van der Waals surface area contributed by atoms with Crippen LogP contribution in [0.1, 0.15) is 0 Å². The van der Waals surface area contributed by atoms with Crippen LogP contribution in [0.3, 0.4) is 0 Å². The monoisotopic (exact) mass is 155 g/mol. The van der Waals surface area contributed by atoms with E-state index in [9.17, 15) is 8.78 Å². The summed E-state index contributed by atoms with van der Waals surface area (Å²) in [7, 11) is 0. The first-order valence-corrected chi connectivity index (χ1v) is 2.90. The fraction of sp³-hybridized carbons (Fsp3) is 1.00. The highest BCUT2D eigenvalue weighted by atomic mass is 19.3. The van der Waals surface area contributed by atoms with Crippen LogP contribution < -0.4 is 5.73 Å². The molecule has 0 aliphatic heterocycles. The topological polar surface area (TPSA) is 55.5 Å². The van der Waals surface area contributed by atoms with E-state index in [1.165, 1.54) is 0 Å². The number of alkyl halides is 2. The molecule has 0 rings (SSSR count). The van der Waals surface area contributed by atoms with Crippen molar-refractivity contribution in [3.8, 4) is 0 Å². The molecule has 0 aromatic carbocycles. The van der Waals surface area contributed by atoms with Crippen molar-refractivity contribution in [1.82, 2.24) is 0 Å². The molecule has 0 spiro atoms. The van der Waals surface area contributed by atoms with Gasteiger partial charge in [-0.05, 0) is 0 Å². The number of aliphatic hydroxyl groups is 1. The minimum absolute atomic E-state index is 0.0310. The first kappa shape index (κ1) is 9.74. The van der Waals surface area contributed by atoms with Gasteiger partial charge in [-0.1, -0.05) is 0 Å². The average molecular weight is 155 g/mol. The molecule has 10 heavy (non-hydrogen) atoms. The van der Waals surface area contributed by atoms with Crippen molar-refractivity contribution in [2.24, 2.45) is 5.73 Å². The Morgan fingerprint density at radius 2 is 2.00 bits per heavy atom. The maximum Gasteiger partial charge on any atom is 0.261 e. The van der Waals surface area contributed by atoms with Crippen molar-refractivity contribution in [3.63, 3.8) is 0 Å². The zero-order valence-corrected chi connectivity index (χ0v) is 5.46. The first-order valence-electron chi connectivity index (χ1n) is 2.90. The van der Waals surface area contributed by atoms with Crippen LogP contribution in [0.25, 0.3) is 0 Å². The van der Waals surface area contributed by atoms with Gasteiger partial charge < -0.3 is 15.6 Å². The Labute approximate surface area is 57.8 Å². The Balaban J connectivity index is 3.03. The lowest BCUT2D eigenvalue weighted by molar-refractivity contribution is -0.0172. The van der Waals surface area contributed by atoms with Crippen LogP contribution in [0.5, 0.6) is 0 Å². The van der Waals surface area contributed by atoms with Crippen LogP contribution in [0.4, 0.5) is 8.78 Å². The number of halogens is 2. The summed E-state index contributed by atoms with van der Waals surface area (Å²) in [6.07, 6.45) is -3.32. The third-order valence-electron chi connectivity index (χ3n) is 0.826. The Bertz CT molecular complexity index is 82.0. The van der Waals surface area contributed by atoms with Crippen LogP contribution in [0, 0.1) is 0 Å². The predicted molar refractivity (Wildman–Crippen MR) is 31.9 cm³/mol. The van der Waals surface area contributed by atoms with E-state index in [0.29, 0.717) is 0 Å². The fourth-order valence-electron chi connectivity index (χ4n) is 0.361. The molecule has 0 saturated heterocycles. The van der Waals surface area contributed by atoms with Gasteiger partial charge in [0, 0.05) is 6.54 Å². The summed E-state index contributed by atoms with van der Waals surface area (Å²) in [4.78, 5) is 0. The summed E-state index contributed by atoms with van der Waals surface area (Å²) in [5, 5.41) is 8.68. The van der Waals surface area contributed by atoms with Gasteiger partial charge in [0.2, 0.25) is 0 Å². The van der Waals surface area contributed by atoms with E-state index in [2.05, 4.69) is 4.74 Å². The third-order valence-corrected chi connectivity index (χ3v) is 0.826. The van der Waals surface area contributed by atoms with Gasteiger partial charge in [-0.2, -0.15) is 0 Å². The lowest BCUT2D eigenvalue weighted by Crippen LogP contribution is -2.26. The summed E-state index contributed by atoms with van der Waals surface area (Å²) >= 11 is 0. The highest BCUT2D eigenvalue weighted by molar-refractivity contribution is 4.52. The second-order valence-corrected chi connectivity index (χ2v) is 1.82. The number of hydrogen-bond acceptors (Lipinski definition) is 3. The van der Waals surface area contributed by atoms with Crippen molar-refractivity contribution in [2.45, 2.75) is 12.5 Å². The normalized spacial score (nSPS) is 14.1. The highest BCUT2D eigenvalue weighted by Gasteiger charge is 2.04. The molecule has 0 amide bonds. The van der Waals surface area contributed by atoms with E-state index >= 15 is 0 Å². The molecule has 5 heteroatoms. The highest BCUT2D eigenvalue weighted by Crippen LogP contribution is 1.92. The van der Waals surface area contributed by atoms with Crippen molar-refractivity contribution < 1.29 is 18.6 Å². The summed E-state index contributed by atoms with van der Waals surface area (Å²) < 4.78 is 27.1. The van der Waals surface area contributed by atoms with Crippen LogP contribution >= 0.6 is 0 Å². The van der Waals surface area contributed by atoms with E-state index in [-0.39, 0.29) is 13.2 Å². The van der Waals surface area contributed by atoms with Gasteiger partial charge in [0.25, 0.3) is 6.43 Å². The van der Waals surface area contributed by atoms with Gasteiger partial charge in [-0.3, -0.25) is 0 Å². The van der Waals surface area contributed by atoms with Crippen LogP contribution in [-0.2, 0) is 4.74 Å². The molecule has 3 nitrogen and oxygen atoms in total. The Morgan fingerprint density at radius 3 is 2.40 bits per heavy atom. The smallest absolute Gasteiger partial charge is 0.261 e. The number of nitrogens with two attached hydrogens (primary N) is 1. The van der Waals surface area contributed by atoms with E-state index in [1.807, 2.05) is 0 Å². The quantitative estimate of drug-likeness (QED) is 0.567. The van der Waals surface area contributed by atoms with Crippen LogP contribution in [0.2, 0.25) is 0 Å². The standard InChI is InChI=1S/C5H11F2NO2/c6-5(7)3-10-2-4(9)1-8/h4-5,9H,1-3,8H2/t4-/m1/s1. The fourth-order valence-corrected chi connectivity index (χ4v) is 0.361. The first-order chi connectivity index (χ1) is 4.66. The molecular weight excluding hydrogens is 144 g/mol. The van der Waals surface area contributed by atoms with Gasteiger partial charge in [-0.25, -0.2) is 8.78 Å². The largest absolute Gasteiger partial charge is 0.389 e. The molecule has 0 unspecified atom stereocenters. The van der Waals surface area contributed by atoms with Gasteiger partial charge in [0.15, 0.2) is 0 Å². The van der Waals surface area contributed by atoms with Gasteiger partial charge in [0.05, 0.1) is 12.7 Å². The molecular formula is C5H11F2NO2. The molecule has 62 valence electrons. The Hall–Kier alpha value is -0.260. The van der Waals surface area contributed by atoms with Crippen molar-refractivity contribution in [1.29, 1.82) is 0 Å². The van der Waals surface area contributed by atoms with Gasteiger partial charge >= 0.3 is 0 Å². The summed E-state index contributed by atoms with van der Waals surface area (Å²) in [6, 6.07) is 0. The van der Waals surface area contributed by atoms with E-state index in [4.69, 9.17) is 10.8 Å². The van der Waals surface area contributed by atoms with E-state index in [1.54, 1.807) is 0 Å². The predicted octanol–water partition coefficient (Wildman–Crippen LogP) is -0.412. The molecule has 0 aromatic rings. The summed E-state index contributed by atoms with van der Waals surface area (Å²) in [5.74, 6) is 0. The van der Waals surface area contributed by atoms with Crippen molar-refractivity contribution >= 4 is 0 Å². The number of ether oxygens (including phenoxy) is 1. The summed E-state index contributed by atoms with van der Waals surface area (Å²) in [6.45, 7) is -0.735. The van der Waals surface area contributed by atoms with Gasteiger partial charge in [-0.15, -0.1) is 0 Å². The van der Waals surface area contributed by atoms with Crippen LogP contribution in [0.15, 0.2) is 0 Å². The lowest BCUT2D eigenvalue weighted by Gasteiger charge is -2.07. The van der Waals surface area contributed by atoms with Crippen molar-refractivity contribution in [3.05, 3.63) is 0 Å². The maximum absolute atomic E-state index is 11.4. The van der Waals surface area contributed by atoms with Crippen LogP contribution in [-0.4, -0.2) is 37.4 Å². The molecule has 0 aliphatic rings. The Kier molecular flexibility index (Phi) is 5.38. The molecule has 0 saturated carbocycles. The zero-order valence-electron chi connectivity index (χ0n) is 5.46. The van der Waals surface area contributed by atoms with Crippen molar-refractivity contribution in [2.75, 3.05) is 19.8 Å². The average Bonchev–Trinajstić information content (AvgIpc) is 1.87. The second-order valence-electron chi connectivity index (χ2n) is 1.82. The molecule has 0 aromatic heterocycles. The SMILES string of the molecule is NC[C@@H](O)COCC(F)F. The third kappa shape index (κ3) is 5.87. The number of aliphatic hydroxyl groups excluding tert-OH is 1. The maximum atomic E-state index is 11.4. The molecule has 0 bridgehead atoms. The Morgan fingerprint density at radius 1 is 1.40 bits per heavy atom. The molecule has 0 fully saturated rings. The number of rotatable bonds is 5. The van der Waals surface area contributed by atoms with Gasteiger partial charge in [0.1, 0.15) is 6.61 Å². The van der Waals surface area contributed by atoms with E-state index in [0.717, 1.165) is 0 Å².